The van der Waals surface area contributed by atoms with Gasteiger partial charge in [-0.25, -0.2) is 4.98 Å². The van der Waals surface area contributed by atoms with Crippen molar-refractivity contribution in [3.8, 4) is 0 Å². The predicted molar refractivity (Wildman–Crippen MR) is 80.6 cm³/mol. The minimum absolute atomic E-state index is 0. The van der Waals surface area contributed by atoms with Crippen LogP contribution in [0, 0.1) is 0 Å². The van der Waals surface area contributed by atoms with E-state index in [-0.39, 0.29) is 30.7 Å². The molecule has 0 aliphatic heterocycles. The summed E-state index contributed by atoms with van der Waals surface area (Å²) in [4.78, 5) is 15.5. The van der Waals surface area contributed by atoms with E-state index in [1.807, 2.05) is 5.38 Å². The van der Waals surface area contributed by atoms with E-state index in [9.17, 15) is 4.79 Å². The molecule has 0 atom stereocenters. The van der Waals surface area contributed by atoms with E-state index < -0.39 is 0 Å². The summed E-state index contributed by atoms with van der Waals surface area (Å²) in [6, 6.07) is 0. The summed E-state index contributed by atoms with van der Waals surface area (Å²) in [5, 5.41) is 5.73. The average Bonchev–Trinajstić information content (AvgIpc) is 2.79. The number of unbranched alkanes of at least 4 members (excludes halogenated alkanes) is 3. The van der Waals surface area contributed by atoms with E-state index in [1.54, 1.807) is 17.5 Å². The van der Waals surface area contributed by atoms with Gasteiger partial charge in [-0.05, 0) is 19.4 Å². The van der Waals surface area contributed by atoms with Crippen LogP contribution in [0.5, 0.6) is 0 Å². The minimum Gasteiger partial charge on any atom is -0.350 e. The number of nitrogens with one attached hydrogen (secondary N) is 1. The van der Waals surface area contributed by atoms with E-state index in [0.29, 0.717) is 13.0 Å². The molecule has 0 aliphatic rings. The van der Waals surface area contributed by atoms with E-state index in [4.69, 9.17) is 5.73 Å². The second-order valence-electron chi connectivity index (χ2n) is 3.66. The predicted octanol–water partition coefficient (Wildman–Crippen LogP) is 2.51. The van der Waals surface area contributed by atoms with Gasteiger partial charge in [-0.1, -0.05) is 12.8 Å². The number of rotatable bonds is 8. The third-order valence-electron chi connectivity index (χ3n) is 2.28. The summed E-state index contributed by atoms with van der Waals surface area (Å²) in [5.41, 5.74) is 5.39. The summed E-state index contributed by atoms with van der Waals surface area (Å²) in [5.74, 6) is 0.114. The van der Waals surface area contributed by atoms with Gasteiger partial charge in [-0.2, -0.15) is 0 Å². The highest BCUT2D eigenvalue weighted by Crippen LogP contribution is 2.04. The third kappa shape index (κ3) is 9.65. The number of hydrogen-bond acceptors (Lipinski definition) is 4. The number of nitrogens with zero attached hydrogens (tertiary/aromatic N) is 1. The van der Waals surface area contributed by atoms with Crippen LogP contribution in [0.2, 0.25) is 0 Å². The third-order valence-corrected chi connectivity index (χ3v) is 3.06. The van der Waals surface area contributed by atoms with Crippen LogP contribution >= 0.6 is 36.2 Å². The zero-order valence-electron chi connectivity index (χ0n) is 10.3. The SMILES string of the molecule is Cl.Cl.NCCCCCCC(=O)NCc1nccs1. The zero-order chi connectivity index (χ0) is 11.6. The first-order valence-corrected chi connectivity index (χ1v) is 6.56. The number of aromatic nitrogens is 1. The number of halogens is 2. The minimum atomic E-state index is 0. The van der Waals surface area contributed by atoms with Crippen molar-refractivity contribution < 1.29 is 4.79 Å². The first-order valence-electron chi connectivity index (χ1n) is 5.68. The van der Waals surface area contributed by atoms with Crippen molar-refractivity contribution in [2.45, 2.75) is 38.6 Å². The van der Waals surface area contributed by atoms with Gasteiger partial charge in [-0.3, -0.25) is 4.79 Å². The van der Waals surface area contributed by atoms with Crippen molar-refractivity contribution >= 4 is 42.1 Å². The van der Waals surface area contributed by atoms with Crippen molar-refractivity contribution in [1.29, 1.82) is 0 Å². The first kappa shape index (κ1) is 20.0. The molecule has 0 saturated carbocycles. The molecule has 0 unspecified atom stereocenters. The van der Waals surface area contributed by atoms with E-state index >= 15 is 0 Å². The highest BCUT2D eigenvalue weighted by molar-refractivity contribution is 7.09. The van der Waals surface area contributed by atoms with Gasteiger partial charge >= 0.3 is 0 Å². The molecule has 0 fully saturated rings. The lowest BCUT2D eigenvalue weighted by Crippen LogP contribution is -2.22. The molecule has 0 saturated heterocycles. The van der Waals surface area contributed by atoms with Crippen molar-refractivity contribution in [2.24, 2.45) is 5.73 Å². The van der Waals surface area contributed by atoms with Gasteiger partial charge in [0.2, 0.25) is 5.91 Å². The molecule has 18 heavy (non-hydrogen) atoms. The molecule has 0 radical (unpaired) electrons. The summed E-state index contributed by atoms with van der Waals surface area (Å²) in [6.07, 6.45) is 6.57. The summed E-state index contributed by atoms with van der Waals surface area (Å²) in [6.45, 7) is 1.30. The second-order valence-corrected chi connectivity index (χ2v) is 4.63. The Balaban J connectivity index is 0. The fourth-order valence-corrected chi connectivity index (χ4v) is 1.94. The van der Waals surface area contributed by atoms with Crippen molar-refractivity contribution in [2.75, 3.05) is 6.54 Å². The van der Waals surface area contributed by atoms with Gasteiger partial charge in [-0.15, -0.1) is 36.2 Å². The van der Waals surface area contributed by atoms with Crippen LogP contribution in [-0.4, -0.2) is 17.4 Å². The standard InChI is InChI=1S/C11H19N3OS.2ClH/c12-6-4-2-1-3-5-10(15)14-9-11-13-7-8-16-11;;/h7-8H,1-6,9,12H2,(H,14,15);2*1H. The average molecular weight is 314 g/mol. The van der Waals surface area contributed by atoms with E-state index in [0.717, 1.165) is 37.2 Å². The fraction of sp³-hybridized carbons (Fsp3) is 0.636. The van der Waals surface area contributed by atoms with Gasteiger partial charge in [0.1, 0.15) is 5.01 Å². The molecule has 106 valence electrons. The monoisotopic (exact) mass is 313 g/mol. The van der Waals surface area contributed by atoms with Crippen LogP contribution in [0.3, 0.4) is 0 Å². The van der Waals surface area contributed by atoms with Crippen LogP contribution in [0.4, 0.5) is 0 Å². The fourth-order valence-electron chi connectivity index (χ4n) is 1.39. The van der Waals surface area contributed by atoms with Crippen LogP contribution < -0.4 is 11.1 Å². The Hall–Kier alpha value is -0.360. The lowest BCUT2D eigenvalue weighted by atomic mass is 10.1. The van der Waals surface area contributed by atoms with E-state index in [2.05, 4.69) is 10.3 Å². The molecule has 1 heterocycles. The van der Waals surface area contributed by atoms with Gasteiger partial charge in [0.15, 0.2) is 0 Å². The van der Waals surface area contributed by atoms with Crippen LogP contribution in [0.1, 0.15) is 37.1 Å². The highest BCUT2D eigenvalue weighted by Gasteiger charge is 2.01. The Bertz CT molecular complexity index is 296. The summed E-state index contributed by atoms with van der Waals surface area (Å²) in [7, 11) is 0. The van der Waals surface area contributed by atoms with Gasteiger partial charge < -0.3 is 11.1 Å². The molecule has 7 heteroatoms. The zero-order valence-corrected chi connectivity index (χ0v) is 12.7. The Morgan fingerprint density at radius 1 is 1.28 bits per heavy atom. The molecular weight excluding hydrogens is 293 g/mol. The van der Waals surface area contributed by atoms with Gasteiger partial charge in [0.25, 0.3) is 0 Å². The number of carbonyl (C=O) groups is 1. The maximum atomic E-state index is 11.4. The van der Waals surface area contributed by atoms with Crippen molar-refractivity contribution in [3.63, 3.8) is 0 Å². The number of carbonyl (C=O) groups excluding carboxylic acids is 1. The first-order chi connectivity index (χ1) is 7.83. The molecule has 1 amide bonds. The summed E-state index contributed by atoms with van der Waals surface area (Å²) < 4.78 is 0. The van der Waals surface area contributed by atoms with E-state index in [1.165, 1.54) is 0 Å². The van der Waals surface area contributed by atoms with Gasteiger partial charge in [0, 0.05) is 18.0 Å². The van der Waals surface area contributed by atoms with Crippen LogP contribution in [0.15, 0.2) is 11.6 Å². The molecule has 1 aromatic heterocycles. The molecular formula is C11H21Cl2N3OS. The van der Waals surface area contributed by atoms with Crippen LogP contribution in [-0.2, 0) is 11.3 Å². The molecule has 0 bridgehead atoms. The second kappa shape index (κ2) is 13.1. The van der Waals surface area contributed by atoms with Crippen molar-refractivity contribution in [1.82, 2.24) is 10.3 Å². The normalized spacial score (nSPS) is 9.17. The molecule has 1 aromatic rings. The Morgan fingerprint density at radius 2 is 2.00 bits per heavy atom. The summed E-state index contributed by atoms with van der Waals surface area (Å²) >= 11 is 1.56. The molecule has 0 aliphatic carbocycles. The highest BCUT2D eigenvalue weighted by atomic mass is 35.5. The topological polar surface area (TPSA) is 68.0 Å². The van der Waals surface area contributed by atoms with Crippen LogP contribution in [0.25, 0.3) is 0 Å². The molecule has 0 aromatic carbocycles. The molecule has 3 N–H and O–H groups in total. The number of hydrogen-bond donors (Lipinski definition) is 2. The molecule has 0 spiro atoms. The quantitative estimate of drug-likeness (QED) is 0.725. The van der Waals surface area contributed by atoms with Gasteiger partial charge in [0.05, 0.1) is 6.54 Å². The molecule has 1 rings (SSSR count). The number of amides is 1. The number of nitrogens with two attached hydrogens (primary N) is 1. The Morgan fingerprint density at radius 3 is 2.61 bits per heavy atom. The largest absolute Gasteiger partial charge is 0.350 e. The Labute approximate surface area is 125 Å². The smallest absolute Gasteiger partial charge is 0.220 e. The Kier molecular flexibility index (Phi) is 14.5. The number of thiazole rings is 1. The lowest BCUT2D eigenvalue weighted by molar-refractivity contribution is -0.121. The maximum absolute atomic E-state index is 11.4. The molecule has 4 nitrogen and oxygen atoms in total. The maximum Gasteiger partial charge on any atom is 0.220 e. The van der Waals surface area contributed by atoms with Crippen molar-refractivity contribution in [3.05, 3.63) is 16.6 Å². The lowest BCUT2D eigenvalue weighted by Gasteiger charge is -2.02.